The standard InChI is InChI=1S/C22H21ClN2O3S2/c1-15-20(23)9-6-10-21(15)25-30(27,28)19-13-11-17(12-14-19)24-22(26)16(2)29-18-7-4-3-5-8-18/h3-14,16,25H,1-2H3,(H,24,26)/t16-/m0/s1. The second-order valence-electron chi connectivity index (χ2n) is 6.60. The molecule has 156 valence electrons. The Kier molecular flexibility index (Phi) is 7.07. The lowest BCUT2D eigenvalue weighted by Crippen LogP contribution is -2.22. The van der Waals surface area contributed by atoms with Crippen molar-refractivity contribution in [1.29, 1.82) is 0 Å². The molecule has 0 aromatic heterocycles. The molecule has 0 aliphatic rings. The van der Waals surface area contributed by atoms with Gasteiger partial charge >= 0.3 is 0 Å². The van der Waals surface area contributed by atoms with Crippen LogP contribution in [-0.2, 0) is 14.8 Å². The first-order valence-corrected chi connectivity index (χ1v) is 11.9. The Morgan fingerprint density at radius 3 is 2.30 bits per heavy atom. The van der Waals surface area contributed by atoms with Gasteiger partial charge in [-0.05, 0) is 67.9 Å². The Hall–Kier alpha value is -2.48. The number of amides is 1. The summed E-state index contributed by atoms with van der Waals surface area (Å²) in [5.74, 6) is -0.160. The van der Waals surface area contributed by atoms with Crippen molar-refractivity contribution in [2.75, 3.05) is 10.0 Å². The number of sulfonamides is 1. The van der Waals surface area contributed by atoms with E-state index in [4.69, 9.17) is 11.6 Å². The molecule has 0 unspecified atom stereocenters. The van der Waals surface area contributed by atoms with Crippen LogP contribution in [0.3, 0.4) is 0 Å². The van der Waals surface area contributed by atoms with Gasteiger partial charge in [0.15, 0.2) is 0 Å². The number of halogens is 1. The summed E-state index contributed by atoms with van der Waals surface area (Å²) in [5.41, 5.74) is 1.60. The number of hydrogen-bond donors (Lipinski definition) is 2. The molecule has 0 saturated heterocycles. The Morgan fingerprint density at radius 1 is 0.967 bits per heavy atom. The zero-order chi connectivity index (χ0) is 21.7. The molecule has 0 heterocycles. The van der Waals surface area contributed by atoms with Gasteiger partial charge in [0.2, 0.25) is 5.91 Å². The summed E-state index contributed by atoms with van der Waals surface area (Å²) in [7, 11) is -3.78. The van der Waals surface area contributed by atoms with Gasteiger partial charge in [-0.25, -0.2) is 8.42 Å². The normalized spacial score (nSPS) is 12.2. The summed E-state index contributed by atoms with van der Waals surface area (Å²) in [6.07, 6.45) is 0. The van der Waals surface area contributed by atoms with E-state index >= 15 is 0 Å². The molecule has 30 heavy (non-hydrogen) atoms. The third kappa shape index (κ3) is 5.56. The number of carbonyl (C=O) groups excluding carboxylic acids is 1. The van der Waals surface area contributed by atoms with Gasteiger partial charge in [-0.15, -0.1) is 11.8 Å². The maximum Gasteiger partial charge on any atom is 0.261 e. The molecule has 0 radical (unpaired) electrons. The van der Waals surface area contributed by atoms with E-state index in [-0.39, 0.29) is 16.1 Å². The monoisotopic (exact) mass is 460 g/mol. The van der Waals surface area contributed by atoms with Crippen LogP contribution in [0.5, 0.6) is 0 Å². The quantitative estimate of drug-likeness (QED) is 0.452. The van der Waals surface area contributed by atoms with Crippen molar-refractivity contribution in [3.8, 4) is 0 Å². The molecule has 5 nitrogen and oxygen atoms in total. The highest BCUT2D eigenvalue weighted by Crippen LogP contribution is 2.26. The van der Waals surface area contributed by atoms with E-state index in [2.05, 4.69) is 10.0 Å². The van der Waals surface area contributed by atoms with Gasteiger partial charge in [0, 0.05) is 15.6 Å². The van der Waals surface area contributed by atoms with E-state index in [1.165, 1.54) is 23.9 Å². The van der Waals surface area contributed by atoms with Crippen molar-refractivity contribution in [2.45, 2.75) is 28.9 Å². The molecule has 1 amide bonds. The molecule has 0 spiro atoms. The van der Waals surface area contributed by atoms with E-state index in [0.717, 1.165) is 4.90 Å². The van der Waals surface area contributed by atoms with E-state index in [9.17, 15) is 13.2 Å². The number of nitrogens with one attached hydrogen (secondary N) is 2. The summed E-state index contributed by atoms with van der Waals surface area (Å²) < 4.78 is 27.9. The van der Waals surface area contributed by atoms with Gasteiger partial charge in [0.25, 0.3) is 10.0 Å². The molecule has 2 N–H and O–H groups in total. The molecular weight excluding hydrogens is 440 g/mol. The van der Waals surface area contributed by atoms with Crippen molar-refractivity contribution in [3.63, 3.8) is 0 Å². The van der Waals surface area contributed by atoms with Crippen LogP contribution in [0.25, 0.3) is 0 Å². The predicted molar refractivity (Wildman–Crippen MR) is 124 cm³/mol. The van der Waals surface area contributed by atoms with Crippen LogP contribution in [0.1, 0.15) is 12.5 Å². The smallest absolute Gasteiger partial charge is 0.261 e. The number of benzene rings is 3. The first-order chi connectivity index (χ1) is 14.3. The number of thioether (sulfide) groups is 1. The minimum Gasteiger partial charge on any atom is -0.325 e. The first kappa shape index (κ1) is 22.2. The fourth-order valence-electron chi connectivity index (χ4n) is 2.64. The summed E-state index contributed by atoms with van der Waals surface area (Å²) in [5, 5.41) is 2.99. The maximum absolute atomic E-state index is 12.7. The Balaban J connectivity index is 1.66. The molecule has 0 aliphatic carbocycles. The first-order valence-electron chi connectivity index (χ1n) is 9.17. The number of anilines is 2. The molecule has 3 rings (SSSR count). The van der Waals surface area contributed by atoms with Crippen molar-refractivity contribution in [1.82, 2.24) is 0 Å². The molecule has 8 heteroatoms. The second kappa shape index (κ2) is 9.55. The van der Waals surface area contributed by atoms with E-state index in [0.29, 0.717) is 22.0 Å². The van der Waals surface area contributed by atoms with Crippen LogP contribution in [0.2, 0.25) is 5.02 Å². The fraction of sp³-hybridized carbons (Fsp3) is 0.136. The molecule has 0 saturated carbocycles. The van der Waals surface area contributed by atoms with Crippen LogP contribution in [0, 0.1) is 6.92 Å². The Morgan fingerprint density at radius 2 is 1.63 bits per heavy atom. The largest absolute Gasteiger partial charge is 0.325 e. The second-order valence-corrected chi connectivity index (χ2v) is 10.1. The van der Waals surface area contributed by atoms with Gasteiger partial charge in [-0.2, -0.15) is 0 Å². The Labute approximate surface area is 185 Å². The van der Waals surface area contributed by atoms with Crippen LogP contribution in [0.4, 0.5) is 11.4 Å². The molecule has 0 fully saturated rings. The van der Waals surface area contributed by atoms with Crippen LogP contribution in [-0.4, -0.2) is 19.6 Å². The maximum atomic E-state index is 12.7. The van der Waals surface area contributed by atoms with Gasteiger partial charge in [0.05, 0.1) is 15.8 Å². The molecule has 1 atom stereocenters. The van der Waals surface area contributed by atoms with Crippen LogP contribution >= 0.6 is 23.4 Å². The highest BCUT2D eigenvalue weighted by Gasteiger charge is 2.18. The van der Waals surface area contributed by atoms with Gasteiger partial charge < -0.3 is 5.32 Å². The van der Waals surface area contributed by atoms with Crippen LogP contribution < -0.4 is 10.0 Å². The van der Waals surface area contributed by atoms with Gasteiger partial charge in [-0.1, -0.05) is 35.9 Å². The molecular formula is C22H21ClN2O3S2. The lowest BCUT2D eigenvalue weighted by Gasteiger charge is -2.13. The topological polar surface area (TPSA) is 75.3 Å². The lowest BCUT2D eigenvalue weighted by molar-refractivity contribution is -0.115. The molecule has 3 aromatic rings. The lowest BCUT2D eigenvalue weighted by atomic mass is 10.2. The average molecular weight is 461 g/mol. The predicted octanol–water partition coefficient (Wildman–Crippen LogP) is 5.57. The van der Waals surface area contributed by atoms with E-state index < -0.39 is 10.0 Å². The Bertz CT molecular complexity index is 1130. The van der Waals surface area contributed by atoms with Crippen molar-refractivity contribution in [2.24, 2.45) is 0 Å². The molecule has 0 aliphatic heterocycles. The van der Waals surface area contributed by atoms with Crippen molar-refractivity contribution in [3.05, 3.63) is 83.4 Å². The minimum absolute atomic E-state index is 0.0894. The zero-order valence-electron chi connectivity index (χ0n) is 16.4. The van der Waals surface area contributed by atoms with Gasteiger partial charge in [-0.3, -0.25) is 9.52 Å². The van der Waals surface area contributed by atoms with Gasteiger partial charge in [0.1, 0.15) is 0 Å². The van der Waals surface area contributed by atoms with E-state index in [1.54, 1.807) is 37.3 Å². The van der Waals surface area contributed by atoms with E-state index in [1.807, 2.05) is 37.3 Å². The summed E-state index contributed by atoms with van der Waals surface area (Å²) in [4.78, 5) is 13.5. The number of hydrogen-bond acceptors (Lipinski definition) is 4. The minimum atomic E-state index is -3.78. The summed E-state index contributed by atoms with van der Waals surface area (Å²) in [6, 6.07) is 20.7. The molecule has 0 bridgehead atoms. The third-order valence-corrected chi connectivity index (χ3v) is 7.27. The van der Waals surface area contributed by atoms with Crippen molar-refractivity contribution < 1.29 is 13.2 Å². The fourth-order valence-corrected chi connectivity index (χ4v) is 4.83. The highest BCUT2D eigenvalue weighted by molar-refractivity contribution is 8.00. The third-order valence-electron chi connectivity index (χ3n) is 4.37. The highest BCUT2D eigenvalue weighted by atomic mass is 35.5. The average Bonchev–Trinajstić information content (AvgIpc) is 2.72. The van der Waals surface area contributed by atoms with Crippen LogP contribution in [0.15, 0.2) is 82.6 Å². The summed E-state index contributed by atoms with van der Waals surface area (Å²) >= 11 is 7.51. The number of carbonyl (C=O) groups is 1. The molecule has 3 aromatic carbocycles. The number of rotatable bonds is 7. The zero-order valence-corrected chi connectivity index (χ0v) is 18.8. The summed E-state index contributed by atoms with van der Waals surface area (Å²) in [6.45, 7) is 3.57. The SMILES string of the molecule is Cc1c(Cl)cccc1NS(=O)(=O)c1ccc(NC(=O)[C@H](C)Sc2ccccc2)cc1. The van der Waals surface area contributed by atoms with Crippen molar-refractivity contribution >= 4 is 50.7 Å².